The maximum Gasteiger partial charge on any atom is 0.345 e. The van der Waals surface area contributed by atoms with Crippen molar-refractivity contribution in [3.8, 4) is 11.5 Å². The van der Waals surface area contributed by atoms with Crippen LogP contribution in [0, 0.1) is 0 Å². The Labute approximate surface area is 204 Å². The van der Waals surface area contributed by atoms with Crippen molar-refractivity contribution in [2.45, 2.75) is 18.8 Å². The molecule has 176 valence electrons. The zero-order valence-electron chi connectivity index (χ0n) is 19.2. The number of hydrogen-bond acceptors (Lipinski definition) is 6. The molecule has 1 spiro atoms. The van der Waals surface area contributed by atoms with Gasteiger partial charge >= 0.3 is 11.3 Å². The Hall–Kier alpha value is -4.65. The van der Waals surface area contributed by atoms with Gasteiger partial charge in [-0.15, -0.1) is 0 Å². The fourth-order valence-corrected chi connectivity index (χ4v) is 5.71. The van der Waals surface area contributed by atoms with E-state index >= 15 is 0 Å². The van der Waals surface area contributed by atoms with Crippen LogP contribution >= 0.6 is 0 Å². The van der Waals surface area contributed by atoms with E-state index in [1.54, 1.807) is 65.6 Å². The summed E-state index contributed by atoms with van der Waals surface area (Å²) in [6.45, 7) is 2.39. The van der Waals surface area contributed by atoms with Crippen molar-refractivity contribution in [3.05, 3.63) is 110 Å². The van der Waals surface area contributed by atoms with Crippen molar-refractivity contribution in [3.63, 3.8) is 0 Å². The topological polar surface area (TPSA) is 90.0 Å². The van der Waals surface area contributed by atoms with Crippen molar-refractivity contribution in [1.82, 2.24) is 0 Å². The molecular weight excluding hydrogens is 458 g/mol. The van der Waals surface area contributed by atoms with Crippen LogP contribution in [0.4, 0.5) is 5.69 Å². The predicted octanol–water partition coefficient (Wildman–Crippen LogP) is 5.10. The smallest absolute Gasteiger partial charge is 0.345 e. The van der Waals surface area contributed by atoms with Gasteiger partial charge in [0, 0.05) is 17.8 Å². The van der Waals surface area contributed by atoms with Gasteiger partial charge in [-0.05, 0) is 36.8 Å². The lowest BCUT2D eigenvalue weighted by atomic mass is 9.69. The highest BCUT2D eigenvalue weighted by molar-refractivity contribution is 6.15. The molecule has 0 bridgehead atoms. The van der Waals surface area contributed by atoms with Gasteiger partial charge in [-0.25, -0.2) is 9.59 Å². The van der Waals surface area contributed by atoms with E-state index in [1.807, 2.05) is 19.1 Å². The van der Waals surface area contributed by atoms with Crippen LogP contribution in [0.2, 0.25) is 0 Å². The molecule has 7 heteroatoms. The third-order valence-corrected chi connectivity index (χ3v) is 7.10. The van der Waals surface area contributed by atoms with Crippen LogP contribution in [0.5, 0.6) is 11.5 Å². The zero-order valence-corrected chi connectivity index (χ0v) is 19.2. The second kappa shape index (κ2) is 7.18. The number of hydrogen-bond donors (Lipinski definition) is 0. The molecule has 2 aliphatic heterocycles. The minimum atomic E-state index is -1.77. The minimum Gasteiger partial charge on any atom is -0.455 e. The summed E-state index contributed by atoms with van der Waals surface area (Å²) >= 11 is 0. The second-order valence-electron chi connectivity index (χ2n) is 9.01. The molecular formula is C29H19NO6. The number of fused-ring (bicyclic) bond motifs is 10. The van der Waals surface area contributed by atoms with E-state index in [1.165, 1.54) is 0 Å². The van der Waals surface area contributed by atoms with Crippen LogP contribution in [0.25, 0.3) is 21.9 Å². The largest absolute Gasteiger partial charge is 0.455 e. The SMILES string of the molecule is CCCN1C(=O)C2(c3ccccc31)c1c(c3ccccc3oc1=O)Oc1c2c(=O)oc2ccccc12. The number of carbonyl (C=O) groups is 1. The third kappa shape index (κ3) is 2.39. The van der Waals surface area contributed by atoms with Gasteiger partial charge in [0.25, 0.3) is 0 Å². The molecule has 2 aliphatic rings. The lowest BCUT2D eigenvalue weighted by Gasteiger charge is -2.34. The van der Waals surface area contributed by atoms with Gasteiger partial charge in [0.05, 0.1) is 10.8 Å². The molecule has 0 radical (unpaired) electrons. The lowest BCUT2D eigenvalue weighted by Crippen LogP contribution is -2.49. The van der Waals surface area contributed by atoms with Crippen molar-refractivity contribution < 1.29 is 18.4 Å². The fraction of sp³-hybridized carbons (Fsp3) is 0.138. The molecule has 7 rings (SSSR count). The van der Waals surface area contributed by atoms with Gasteiger partial charge in [0.2, 0.25) is 5.91 Å². The summed E-state index contributed by atoms with van der Waals surface area (Å²) in [5, 5.41) is 1.07. The highest BCUT2D eigenvalue weighted by Crippen LogP contribution is 2.58. The van der Waals surface area contributed by atoms with E-state index in [0.29, 0.717) is 46.2 Å². The van der Waals surface area contributed by atoms with Gasteiger partial charge in [-0.3, -0.25) is 4.79 Å². The minimum absolute atomic E-state index is 0.00710. The number of anilines is 1. The molecule has 7 nitrogen and oxygen atoms in total. The Morgan fingerprint density at radius 3 is 1.83 bits per heavy atom. The van der Waals surface area contributed by atoms with E-state index in [4.69, 9.17) is 13.6 Å². The monoisotopic (exact) mass is 477 g/mol. The maximum absolute atomic E-state index is 14.5. The van der Waals surface area contributed by atoms with E-state index in [9.17, 15) is 14.4 Å². The molecule has 0 aliphatic carbocycles. The van der Waals surface area contributed by atoms with Crippen LogP contribution < -0.4 is 20.9 Å². The van der Waals surface area contributed by atoms with Crippen LogP contribution in [0.15, 0.2) is 91.2 Å². The van der Waals surface area contributed by atoms with Crippen LogP contribution in [-0.4, -0.2) is 12.5 Å². The Morgan fingerprint density at radius 2 is 1.25 bits per heavy atom. The number of rotatable bonds is 2. The van der Waals surface area contributed by atoms with Crippen LogP contribution in [0.1, 0.15) is 30.0 Å². The van der Waals surface area contributed by atoms with E-state index in [0.717, 1.165) is 0 Å². The second-order valence-corrected chi connectivity index (χ2v) is 9.01. The summed E-state index contributed by atoms with van der Waals surface area (Å²) in [6.07, 6.45) is 0.686. The Bertz CT molecular complexity index is 1770. The quantitative estimate of drug-likeness (QED) is 0.329. The zero-order chi connectivity index (χ0) is 24.6. The normalized spacial score (nSPS) is 15.1. The van der Waals surface area contributed by atoms with E-state index in [-0.39, 0.29) is 22.6 Å². The first-order valence-corrected chi connectivity index (χ1v) is 11.8. The fourth-order valence-electron chi connectivity index (χ4n) is 5.71. The molecule has 1 amide bonds. The molecule has 4 heterocycles. The highest BCUT2D eigenvalue weighted by atomic mass is 16.5. The first-order chi connectivity index (χ1) is 17.6. The summed E-state index contributed by atoms with van der Waals surface area (Å²) in [6, 6.07) is 21.3. The number of benzene rings is 3. The van der Waals surface area contributed by atoms with E-state index < -0.39 is 22.6 Å². The van der Waals surface area contributed by atoms with Gasteiger partial charge in [-0.2, -0.15) is 0 Å². The number of nitrogens with zero attached hydrogens (tertiary/aromatic N) is 1. The number of ether oxygens (including phenoxy) is 1. The Kier molecular flexibility index (Phi) is 4.13. The van der Waals surface area contributed by atoms with Crippen molar-refractivity contribution in [2.75, 3.05) is 11.4 Å². The summed E-state index contributed by atoms with van der Waals surface area (Å²) < 4.78 is 17.8. The lowest BCUT2D eigenvalue weighted by molar-refractivity contribution is -0.121. The van der Waals surface area contributed by atoms with Crippen LogP contribution in [-0.2, 0) is 10.2 Å². The molecule has 0 saturated carbocycles. The summed E-state index contributed by atoms with van der Waals surface area (Å²) in [7, 11) is 0. The van der Waals surface area contributed by atoms with Gasteiger partial charge in [-0.1, -0.05) is 49.4 Å². The molecule has 0 saturated heterocycles. The molecule has 0 fully saturated rings. The molecule has 0 atom stereocenters. The first kappa shape index (κ1) is 20.7. The van der Waals surface area contributed by atoms with Crippen molar-refractivity contribution >= 4 is 33.5 Å². The number of carbonyl (C=O) groups excluding carboxylic acids is 1. The van der Waals surface area contributed by atoms with Gasteiger partial charge in [0.1, 0.15) is 27.7 Å². The average Bonchev–Trinajstić information content (AvgIpc) is 3.12. The average molecular weight is 477 g/mol. The van der Waals surface area contributed by atoms with E-state index in [2.05, 4.69) is 0 Å². The molecule has 0 unspecified atom stereocenters. The number of amides is 1. The molecule has 5 aromatic rings. The standard InChI is InChI=1S/C29H19NO6/c1-2-15-30-19-12-6-5-11-18(19)29(28(30)33)22-24(16-9-3-7-13-20(16)34-26(22)31)36-25-17-10-4-8-14-21(17)35-27(32)23(25)29/h3-14H,2,15H2,1H3. The Balaban J connectivity index is 1.75. The molecule has 3 aromatic carbocycles. The van der Waals surface area contributed by atoms with Crippen molar-refractivity contribution in [2.24, 2.45) is 0 Å². The van der Waals surface area contributed by atoms with Gasteiger partial charge < -0.3 is 18.5 Å². The molecule has 0 N–H and O–H groups in total. The maximum atomic E-state index is 14.5. The van der Waals surface area contributed by atoms with Crippen LogP contribution in [0.3, 0.4) is 0 Å². The predicted molar refractivity (Wildman–Crippen MR) is 134 cm³/mol. The van der Waals surface area contributed by atoms with Gasteiger partial charge in [0.15, 0.2) is 11.5 Å². The first-order valence-electron chi connectivity index (χ1n) is 11.8. The highest BCUT2D eigenvalue weighted by Gasteiger charge is 2.61. The molecule has 2 aromatic heterocycles. The Morgan fingerprint density at radius 1 is 0.722 bits per heavy atom. The number of para-hydroxylation sites is 3. The summed E-state index contributed by atoms with van der Waals surface area (Å²) in [5.41, 5.74) is -1.43. The van der Waals surface area contributed by atoms with Crippen molar-refractivity contribution in [1.29, 1.82) is 0 Å². The summed E-state index contributed by atoms with van der Waals surface area (Å²) in [4.78, 5) is 43.6. The molecule has 36 heavy (non-hydrogen) atoms. The summed E-state index contributed by atoms with van der Waals surface area (Å²) in [5.74, 6) is 0.0275. The third-order valence-electron chi connectivity index (χ3n) is 7.10.